The van der Waals surface area contributed by atoms with E-state index in [2.05, 4.69) is 37.0 Å². The molecule has 3 heteroatoms. The first-order chi connectivity index (χ1) is 10.8. The molecule has 0 aliphatic carbocycles. The molecule has 0 bridgehead atoms. The molecule has 0 spiro atoms. The summed E-state index contributed by atoms with van der Waals surface area (Å²) in [6.07, 6.45) is 23.1. The molecule has 0 fully saturated rings. The zero-order valence-electron chi connectivity index (χ0n) is 14.6. The summed E-state index contributed by atoms with van der Waals surface area (Å²) in [6.45, 7) is 3.04. The van der Waals surface area contributed by atoms with Gasteiger partial charge in [0.2, 0.25) is 0 Å². The van der Waals surface area contributed by atoms with Gasteiger partial charge in [-0.1, -0.05) is 89.5 Å². The van der Waals surface area contributed by atoms with Gasteiger partial charge in [0.25, 0.3) is 5.24 Å². The minimum atomic E-state index is -0.215. The first-order valence-electron chi connectivity index (χ1n) is 9.39. The third kappa shape index (κ3) is 19.6. The Bertz CT molecular complexity index is 266. The summed E-state index contributed by atoms with van der Waals surface area (Å²) in [5, 5.41) is 2.50. The predicted molar refractivity (Wildman–Crippen MR) is 102 cm³/mol. The summed E-state index contributed by atoms with van der Waals surface area (Å²) in [4.78, 5) is 10.6. The van der Waals surface area contributed by atoms with Gasteiger partial charge in [-0.15, -0.1) is 0 Å². The van der Waals surface area contributed by atoms with E-state index in [1.54, 1.807) is 0 Å². The standard InChI is InChI=1S/C19H37NOS/c1-2-3-4-5-6-7-8-9-10-11-12-13-14-15-16-17-18-20-19(21)22/h9-10H,2-8,11-18H2,1H3,(H2,20,21,22)/b10-9-. The summed E-state index contributed by atoms with van der Waals surface area (Å²) in [5.41, 5.74) is 0. The van der Waals surface area contributed by atoms with Crippen molar-refractivity contribution in [3.63, 3.8) is 0 Å². The van der Waals surface area contributed by atoms with Gasteiger partial charge in [-0.05, 0) is 32.1 Å². The normalized spacial score (nSPS) is 11.2. The highest BCUT2D eigenvalue weighted by Gasteiger charge is 1.93. The van der Waals surface area contributed by atoms with E-state index in [9.17, 15) is 4.79 Å². The molecule has 1 amide bonds. The Kier molecular flexibility index (Phi) is 18.2. The number of unbranched alkanes of at least 4 members (excludes halogenated alkanes) is 12. The molecule has 1 N–H and O–H groups in total. The van der Waals surface area contributed by atoms with Gasteiger partial charge in [-0.25, -0.2) is 0 Å². The lowest BCUT2D eigenvalue weighted by Crippen LogP contribution is -2.17. The van der Waals surface area contributed by atoms with Gasteiger partial charge in [0.1, 0.15) is 0 Å². The number of allylic oxidation sites excluding steroid dienone is 2. The molecule has 0 aromatic heterocycles. The lowest BCUT2D eigenvalue weighted by molar-refractivity contribution is 0.261. The summed E-state index contributed by atoms with van der Waals surface area (Å²) in [5.74, 6) is 0. The van der Waals surface area contributed by atoms with E-state index in [4.69, 9.17) is 0 Å². The Morgan fingerprint density at radius 2 is 1.23 bits per heavy atom. The van der Waals surface area contributed by atoms with Gasteiger partial charge in [0.05, 0.1) is 0 Å². The van der Waals surface area contributed by atoms with Crippen LogP contribution in [-0.2, 0) is 0 Å². The lowest BCUT2D eigenvalue weighted by Gasteiger charge is -2.02. The van der Waals surface area contributed by atoms with Crippen LogP contribution in [0.4, 0.5) is 4.79 Å². The summed E-state index contributed by atoms with van der Waals surface area (Å²) in [7, 11) is 0. The van der Waals surface area contributed by atoms with Crippen LogP contribution in [0, 0.1) is 0 Å². The zero-order valence-corrected chi connectivity index (χ0v) is 15.5. The van der Waals surface area contributed by atoms with Gasteiger partial charge < -0.3 is 5.32 Å². The summed E-state index contributed by atoms with van der Waals surface area (Å²) < 4.78 is 0. The van der Waals surface area contributed by atoms with Gasteiger partial charge >= 0.3 is 0 Å². The van der Waals surface area contributed by atoms with Crippen LogP contribution in [0.25, 0.3) is 0 Å². The molecule has 0 aliphatic rings. The molecular weight excluding hydrogens is 290 g/mol. The van der Waals surface area contributed by atoms with Crippen molar-refractivity contribution in [1.29, 1.82) is 0 Å². The Balaban J connectivity index is 3.06. The topological polar surface area (TPSA) is 29.1 Å². The second-order valence-corrected chi connectivity index (χ2v) is 6.58. The van der Waals surface area contributed by atoms with Crippen molar-refractivity contribution in [2.75, 3.05) is 6.54 Å². The SMILES string of the molecule is CCCCCCCC/C=C\CCCCCCCCNC(=O)S. The number of hydrogen-bond acceptors (Lipinski definition) is 1. The monoisotopic (exact) mass is 327 g/mol. The number of thiol groups is 1. The largest absolute Gasteiger partial charge is 0.347 e. The van der Waals surface area contributed by atoms with Gasteiger partial charge in [0, 0.05) is 6.54 Å². The smallest absolute Gasteiger partial charge is 0.275 e. The van der Waals surface area contributed by atoms with Crippen LogP contribution in [0.3, 0.4) is 0 Å². The number of rotatable bonds is 16. The fraction of sp³-hybridized carbons (Fsp3) is 0.842. The van der Waals surface area contributed by atoms with Crippen LogP contribution in [0.1, 0.15) is 96.8 Å². The fourth-order valence-electron chi connectivity index (χ4n) is 2.57. The van der Waals surface area contributed by atoms with E-state index in [1.807, 2.05) is 0 Å². The zero-order chi connectivity index (χ0) is 16.3. The highest BCUT2D eigenvalue weighted by molar-refractivity contribution is 7.96. The highest BCUT2D eigenvalue weighted by atomic mass is 32.1. The molecule has 0 radical (unpaired) electrons. The number of amides is 1. The van der Waals surface area contributed by atoms with Crippen LogP contribution in [-0.4, -0.2) is 11.8 Å². The van der Waals surface area contributed by atoms with E-state index < -0.39 is 0 Å². The first kappa shape index (κ1) is 21.6. The molecule has 0 aromatic rings. The third-order valence-corrected chi connectivity index (χ3v) is 4.12. The number of carbonyl (C=O) groups excluding carboxylic acids is 1. The van der Waals surface area contributed by atoms with E-state index in [-0.39, 0.29) is 5.24 Å². The fourth-order valence-corrected chi connectivity index (χ4v) is 2.68. The Hall–Kier alpha value is -0.440. The van der Waals surface area contributed by atoms with E-state index in [0.717, 1.165) is 13.0 Å². The second kappa shape index (κ2) is 18.6. The van der Waals surface area contributed by atoms with Crippen molar-refractivity contribution in [3.8, 4) is 0 Å². The molecule has 0 rings (SSSR count). The third-order valence-electron chi connectivity index (χ3n) is 3.96. The lowest BCUT2D eigenvalue weighted by atomic mass is 10.1. The molecule has 0 aromatic carbocycles. The quantitative estimate of drug-likeness (QED) is 0.185. The number of carbonyl (C=O) groups is 1. The van der Waals surface area contributed by atoms with Crippen LogP contribution < -0.4 is 5.32 Å². The maximum atomic E-state index is 10.6. The summed E-state index contributed by atoms with van der Waals surface area (Å²) >= 11 is 3.67. The first-order valence-corrected chi connectivity index (χ1v) is 9.84. The van der Waals surface area contributed by atoms with Gasteiger partial charge in [-0.2, -0.15) is 0 Å². The van der Waals surface area contributed by atoms with Gasteiger partial charge in [-0.3, -0.25) is 4.79 Å². The van der Waals surface area contributed by atoms with Crippen molar-refractivity contribution < 1.29 is 4.79 Å². The second-order valence-electron chi connectivity index (χ2n) is 6.17. The highest BCUT2D eigenvalue weighted by Crippen LogP contribution is 2.09. The molecule has 0 saturated carbocycles. The van der Waals surface area contributed by atoms with E-state index >= 15 is 0 Å². The average Bonchev–Trinajstić information content (AvgIpc) is 2.50. The van der Waals surface area contributed by atoms with Crippen LogP contribution in [0.15, 0.2) is 12.2 Å². The van der Waals surface area contributed by atoms with E-state index in [0.29, 0.717) is 0 Å². The molecule has 0 aliphatic heterocycles. The Labute approximate surface area is 143 Å². The van der Waals surface area contributed by atoms with Crippen molar-refractivity contribution >= 4 is 17.9 Å². The molecular formula is C19H37NOS. The molecule has 0 heterocycles. The van der Waals surface area contributed by atoms with E-state index in [1.165, 1.54) is 83.5 Å². The van der Waals surface area contributed by atoms with Crippen molar-refractivity contribution in [2.24, 2.45) is 0 Å². The number of nitrogens with one attached hydrogen (secondary N) is 1. The Morgan fingerprint density at radius 3 is 1.73 bits per heavy atom. The van der Waals surface area contributed by atoms with Crippen molar-refractivity contribution in [1.82, 2.24) is 5.32 Å². The molecule has 130 valence electrons. The maximum absolute atomic E-state index is 10.6. The van der Waals surface area contributed by atoms with Crippen LogP contribution in [0.5, 0.6) is 0 Å². The molecule has 0 atom stereocenters. The van der Waals surface area contributed by atoms with Gasteiger partial charge in [0.15, 0.2) is 0 Å². The van der Waals surface area contributed by atoms with Crippen molar-refractivity contribution in [2.45, 2.75) is 96.8 Å². The Morgan fingerprint density at radius 1 is 0.773 bits per heavy atom. The number of hydrogen-bond donors (Lipinski definition) is 2. The van der Waals surface area contributed by atoms with Crippen LogP contribution >= 0.6 is 12.6 Å². The molecule has 22 heavy (non-hydrogen) atoms. The predicted octanol–water partition coefficient (Wildman–Crippen LogP) is 6.66. The minimum Gasteiger partial charge on any atom is -0.347 e. The average molecular weight is 328 g/mol. The summed E-state index contributed by atoms with van der Waals surface area (Å²) in [6, 6.07) is 0. The van der Waals surface area contributed by atoms with Crippen molar-refractivity contribution in [3.05, 3.63) is 12.2 Å². The molecule has 0 saturated heterocycles. The maximum Gasteiger partial charge on any atom is 0.275 e. The van der Waals surface area contributed by atoms with Crippen LogP contribution in [0.2, 0.25) is 0 Å². The minimum absolute atomic E-state index is 0.215. The molecule has 0 unspecified atom stereocenters. The molecule has 2 nitrogen and oxygen atoms in total.